The maximum atomic E-state index is 13.2. The number of esters is 2. The van der Waals surface area contributed by atoms with Gasteiger partial charge in [-0.15, -0.1) is 0 Å². The van der Waals surface area contributed by atoms with Crippen molar-refractivity contribution in [2.75, 3.05) is 19.5 Å². The summed E-state index contributed by atoms with van der Waals surface area (Å²) < 4.78 is 49.5. The molecule has 1 aliphatic rings. The summed E-state index contributed by atoms with van der Waals surface area (Å²) in [6.45, 7) is -0.270. The summed E-state index contributed by atoms with van der Waals surface area (Å²) in [4.78, 5) is 37.2. The van der Waals surface area contributed by atoms with Crippen molar-refractivity contribution in [3.05, 3.63) is 102 Å². The largest absolute Gasteiger partial charge is 0.458 e. The van der Waals surface area contributed by atoms with Crippen LogP contribution >= 0.6 is 0 Å². The van der Waals surface area contributed by atoms with Crippen LogP contribution in [0, 0.1) is 5.92 Å². The highest BCUT2D eigenvalue weighted by Gasteiger charge is 2.47. The van der Waals surface area contributed by atoms with E-state index in [0.29, 0.717) is 17.4 Å². The number of carbonyl (C=O) groups excluding carboxylic acids is 3. The predicted octanol–water partition coefficient (Wildman–Crippen LogP) is 3.92. The molecule has 4 rings (SSSR count). The predicted molar refractivity (Wildman–Crippen MR) is 149 cm³/mol. The molecule has 216 valence electrons. The van der Waals surface area contributed by atoms with Crippen molar-refractivity contribution in [2.24, 2.45) is 5.92 Å². The Labute approximate surface area is 239 Å². The zero-order valence-electron chi connectivity index (χ0n) is 22.5. The summed E-state index contributed by atoms with van der Waals surface area (Å²) in [5.74, 6) is -2.18. The van der Waals surface area contributed by atoms with E-state index in [9.17, 15) is 22.8 Å². The van der Waals surface area contributed by atoms with E-state index in [-0.39, 0.29) is 30.1 Å². The first-order valence-corrected chi connectivity index (χ1v) is 14.9. The molecule has 1 heterocycles. The normalized spacial score (nSPS) is 21.1. The molecule has 2 unspecified atom stereocenters. The van der Waals surface area contributed by atoms with Gasteiger partial charge in [0.05, 0.1) is 40.1 Å². The second kappa shape index (κ2) is 14.2. The van der Waals surface area contributed by atoms with Gasteiger partial charge in [0.2, 0.25) is 0 Å². The van der Waals surface area contributed by atoms with E-state index < -0.39 is 52.1 Å². The van der Waals surface area contributed by atoms with Crippen molar-refractivity contribution in [2.45, 2.75) is 42.2 Å². The van der Waals surface area contributed by atoms with E-state index >= 15 is 0 Å². The number of sulfone groups is 1. The number of hydrogen-bond donors (Lipinski definition) is 0. The van der Waals surface area contributed by atoms with Gasteiger partial charge in [-0.1, -0.05) is 54.6 Å². The van der Waals surface area contributed by atoms with Gasteiger partial charge in [0, 0.05) is 25.9 Å². The molecule has 41 heavy (non-hydrogen) atoms. The maximum Gasteiger partial charge on any atom is 0.338 e. The lowest BCUT2D eigenvalue weighted by Crippen LogP contribution is -2.38. The highest BCUT2D eigenvalue weighted by atomic mass is 32.2. The number of rotatable bonds is 13. The van der Waals surface area contributed by atoms with Gasteiger partial charge in [0.25, 0.3) is 0 Å². The van der Waals surface area contributed by atoms with Gasteiger partial charge in [-0.25, -0.2) is 18.0 Å². The van der Waals surface area contributed by atoms with Crippen LogP contribution in [0.25, 0.3) is 0 Å². The van der Waals surface area contributed by atoms with E-state index in [1.54, 1.807) is 78.9 Å². The zero-order valence-corrected chi connectivity index (χ0v) is 23.4. The van der Waals surface area contributed by atoms with Crippen LogP contribution in [0.3, 0.4) is 0 Å². The number of hydrogen-bond acceptors (Lipinski definition) is 9. The molecule has 0 saturated carbocycles. The Hall–Kier alpha value is -3.86. The van der Waals surface area contributed by atoms with Gasteiger partial charge >= 0.3 is 11.9 Å². The molecule has 5 atom stereocenters. The number of ether oxygens (including phenoxy) is 4. The second-order valence-corrected chi connectivity index (χ2v) is 11.7. The van der Waals surface area contributed by atoms with Gasteiger partial charge in [-0.05, 0) is 36.4 Å². The highest BCUT2D eigenvalue weighted by molar-refractivity contribution is 7.91. The lowest BCUT2D eigenvalue weighted by molar-refractivity contribution is -0.111. The van der Waals surface area contributed by atoms with Crippen LogP contribution in [-0.4, -0.2) is 70.5 Å². The SMILES string of the molecule is CO[C@H]1C(C[C@@H](COC(=O)c2ccccc2)OC(=O)c2ccccc2)O[C@@H](CC=O)C1CS(=O)(=O)c1ccccc1. The van der Waals surface area contributed by atoms with E-state index in [0.717, 1.165) is 0 Å². The summed E-state index contributed by atoms with van der Waals surface area (Å²) in [7, 11) is -2.29. The molecule has 0 aliphatic carbocycles. The summed E-state index contributed by atoms with van der Waals surface area (Å²) >= 11 is 0. The number of benzene rings is 3. The van der Waals surface area contributed by atoms with Crippen LogP contribution in [0.15, 0.2) is 95.9 Å². The Kier molecular flexibility index (Phi) is 10.4. The van der Waals surface area contributed by atoms with Gasteiger partial charge in [-0.2, -0.15) is 0 Å². The fraction of sp³-hybridized carbons (Fsp3) is 0.323. The molecule has 0 spiro atoms. The van der Waals surface area contributed by atoms with Crippen LogP contribution in [0.5, 0.6) is 0 Å². The molecule has 3 aromatic carbocycles. The molecule has 1 aliphatic heterocycles. The van der Waals surface area contributed by atoms with Gasteiger partial charge in [-0.3, -0.25) is 0 Å². The first kappa shape index (κ1) is 30.1. The van der Waals surface area contributed by atoms with Crippen LogP contribution in [0.4, 0.5) is 0 Å². The van der Waals surface area contributed by atoms with E-state index in [4.69, 9.17) is 18.9 Å². The maximum absolute atomic E-state index is 13.2. The molecule has 9 nitrogen and oxygen atoms in total. The smallest absolute Gasteiger partial charge is 0.338 e. The molecule has 1 saturated heterocycles. The third-order valence-corrected chi connectivity index (χ3v) is 8.73. The minimum absolute atomic E-state index is 0.0381. The molecule has 0 aromatic heterocycles. The third kappa shape index (κ3) is 7.87. The first-order chi connectivity index (χ1) is 19.8. The minimum Gasteiger partial charge on any atom is -0.458 e. The van der Waals surface area contributed by atoms with Crippen molar-refractivity contribution in [3.8, 4) is 0 Å². The Morgan fingerprint density at radius 1 is 0.854 bits per heavy atom. The number of aldehydes is 1. The lowest BCUT2D eigenvalue weighted by atomic mass is 9.94. The summed E-state index contributed by atoms with van der Waals surface area (Å²) in [6, 6.07) is 24.8. The molecular weight excluding hydrogens is 548 g/mol. The highest BCUT2D eigenvalue weighted by Crippen LogP contribution is 2.36. The quantitative estimate of drug-likeness (QED) is 0.219. The van der Waals surface area contributed by atoms with Crippen LogP contribution in [0.1, 0.15) is 33.6 Å². The fourth-order valence-electron chi connectivity index (χ4n) is 4.94. The standard InChI is InChI=1S/C31H32O9S/c1-37-29-26(21-41(35,36)25-15-9-4-10-16-25)27(17-18-32)40-28(29)19-24(39-31(34)23-13-7-3-8-14-23)20-38-30(33)22-11-5-2-6-12-22/h2-16,18,24,26-29H,17,19-21H2,1H3/t24-,26?,27-,28?,29+/m0/s1. The molecule has 1 fully saturated rings. The topological polar surface area (TPSA) is 122 Å². The lowest BCUT2D eigenvalue weighted by Gasteiger charge is -2.25. The van der Waals surface area contributed by atoms with Crippen molar-refractivity contribution in [1.82, 2.24) is 0 Å². The van der Waals surface area contributed by atoms with Crippen molar-refractivity contribution >= 4 is 28.1 Å². The molecule has 0 N–H and O–H groups in total. The van der Waals surface area contributed by atoms with Gasteiger partial charge < -0.3 is 23.7 Å². The first-order valence-electron chi connectivity index (χ1n) is 13.2. The molecule has 0 radical (unpaired) electrons. The molecule has 10 heteroatoms. The van der Waals surface area contributed by atoms with Gasteiger partial charge in [0.1, 0.15) is 19.0 Å². The Morgan fingerprint density at radius 3 is 1.98 bits per heavy atom. The summed E-state index contributed by atoms with van der Waals surface area (Å²) in [6.07, 6.45) is -2.49. The van der Waals surface area contributed by atoms with E-state index in [1.807, 2.05) is 0 Å². The second-order valence-electron chi connectivity index (χ2n) is 9.67. The fourth-order valence-corrected chi connectivity index (χ4v) is 6.62. The molecule has 3 aromatic rings. The van der Waals surface area contributed by atoms with Gasteiger partial charge in [0.15, 0.2) is 9.84 Å². The summed E-state index contributed by atoms with van der Waals surface area (Å²) in [5.41, 5.74) is 0.651. The number of carbonyl (C=O) groups is 3. The average molecular weight is 581 g/mol. The zero-order chi connectivity index (χ0) is 29.2. The van der Waals surface area contributed by atoms with Crippen molar-refractivity contribution in [3.63, 3.8) is 0 Å². The van der Waals surface area contributed by atoms with Crippen LogP contribution < -0.4 is 0 Å². The summed E-state index contributed by atoms with van der Waals surface area (Å²) in [5, 5.41) is 0. The average Bonchev–Trinajstić information content (AvgIpc) is 3.31. The minimum atomic E-state index is -3.73. The Morgan fingerprint density at radius 2 is 1.41 bits per heavy atom. The van der Waals surface area contributed by atoms with Crippen LogP contribution in [0.2, 0.25) is 0 Å². The third-order valence-electron chi connectivity index (χ3n) is 6.92. The Bertz CT molecular complexity index is 1400. The molecule has 0 bridgehead atoms. The Balaban J connectivity index is 1.54. The monoisotopic (exact) mass is 580 g/mol. The molecular formula is C31H32O9S. The molecule has 0 amide bonds. The van der Waals surface area contributed by atoms with Crippen molar-refractivity contribution < 1.29 is 41.7 Å². The number of methoxy groups -OCH3 is 1. The van der Waals surface area contributed by atoms with Crippen molar-refractivity contribution in [1.29, 1.82) is 0 Å². The van der Waals surface area contributed by atoms with E-state index in [2.05, 4.69) is 0 Å². The van der Waals surface area contributed by atoms with Crippen LogP contribution in [-0.2, 0) is 33.6 Å². The van der Waals surface area contributed by atoms with E-state index in [1.165, 1.54) is 19.2 Å².